The summed E-state index contributed by atoms with van der Waals surface area (Å²) in [7, 11) is 1.57. The molecule has 13 nitrogen and oxygen atoms in total. The molecule has 2 aromatic rings. The summed E-state index contributed by atoms with van der Waals surface area (Å²) in [6.45, 7) is 0.0188. The molecule has 2 aliphatic carbocycles. The van der Waals surface area contributed by atoms with Crippen LogP contribution in [0.25, 0.3) is 10.6 Å². The van der Waals surface area contributed by atoms with E-state index >= 15 is 0 Å². The molecule has 49 heavy (non-hydrogen) atoms. The molecule has 3 N–H and O–H groups in total. The Labute approximate surface area is 289 Å². The average molecular weight is 694 g/mol. The molecule has 1 aromatic carbocycles. The van der Waals surface area contributed by atoms with E-state index in [0.717, 1.165) is 55.5 Å². The van der Waals surface area contributed by atoms with Crippen molar-refractivity contribution in [2.45, 2.75) is 100 Å². The fourth-order valence-corrected chi connectivity index (χ4v) is 7.66. The van der Waals surface area contributed by atoms with Crippen molar-refractivity contribution < 1.29 is 38.6 Å². The van der Waals surface area contributed by atoms with E-state index in [1.54, 1.807) is 19.5 Å². The number of ether oxygens (including phenoxy) is 2. The van der Waals surface area contributed by atoms with Crippen LogP contribution in [-0.2, 0) is 24.0 Å². The molecule has 3 heterocycles. The zero-order chi connectivity index (χ0) is 34.4. The normalized spacial score (nSPS) is 28.5. The second kappa shape index (κ2) is 15.4. The van der Waals surface area contributed by atoms with Gasteiger partial charge in [-0.15, -0.1) is 11.3 Å². The average Bonchev–Trinajstić information content (AvgIpc) is 3.59. The van der Waals surface area contributed by atoms with Crippen molar-refractivity contribution in [2.24, 2.45) is 11.1 Å². The number of rotatable bonds is 8. The molecule has 6 rings (SSSR count). The number of nitrogens with one attached hydrogen (secondary N) is 2. The minimum atomic E-state index is -1.43. The van der Waals surface area contributed by atoms with Gasteiger partial charge in [-0.3, -0.25) is 9.59 Å². The molecular weight excluding hydrogens is 650 g/mol. The number of fused-ring (bicyclic) bond motifs is 2. The van der Waals surface area contributed by atoms with Gasteiger partial charge >= 0.3 is 12.1 Å². The molecule has 2 aliphatic heterocycles. The minimum absolute atomic E-state index is 0.0188. The number of oxime groups is 1. The number of thiazole rings is 1. The zero-order valence-corrected chi connectivity index (χ0v) is 28.4. The Bertz CT molecular complexity index is 1580. The first-order chi connectivity index (χ1) is 23.8. The fourth-order valence-electron chi connectivity index (χ4n) is 6.97. The molecule has 1 aromatic heterocycles. The molecule has 5 atom stereocenters. The maximum atomic E-state index is 14.2. The summed E-state index contributed by atoms with van der Waals surface area (Å²) in [6, 6.07) is 3.58. The maximum absolute atomic E-state index is 14.2. The summed E-state index contributed by atoms with van der Waals surface area (Å²) in [5, 5.41) is 22.6. The van der Waals surface area contributed by atoms with Gasteiger partial charge in [0, 0.05) is 35.0 Å². The number of aromatic nitrogens is 1. The Hall–Kier alpha value is -4.46. The molecule has 0 radical (unpaired) electrons. The Balaban J connectivity index is 1.23. The Morgan fingerprint density at radius 1 is 1.14 bits per heavy atom. The van der Waals surface area contributed by atoms with Crippen LogP contribution in [-0.4, -0.2) is 88.6 Å². The smallest absolute Gasteiger partial charge is 0.408 e. The third-order valence-electron chi connectivity index (χ3n) is 9.81. The highest BCUT2D eigenvalue weighted by atomic mass is 32.1. The number of amides is 3. The van der Waals surface area contributed by atoms with Crippen molar-refractivity contribution >= 4 is 41.4 Å². The van der Waals surface area contributed by atoms with E-state index in [-0.39, 0.29) is 31.4 Å². The van der Waals surface area contributed by atoms with Gasteiger partial charge < -0.3 is 35.0 Å². The molecule has 4 aliphatic rings. The highest BCUT2D eigenvalue weighted by molar-refractivity contribution is 7.13. The molecule has 14 heteroatoms. The number of carboxylic acid groups (broad SMARTS) is 1. The molecule has 3 amide bonds. The number of benzene rings is 1. The minimum Gasteiger partial charge on any atom is -0.497 e. The van der Waals surface area contributed by atoms with Crippen LogP contribution in [0.3, 0.4) is 0 Å². The van der Waals surface area contributed by atoms with E-state index in [1.165, 1.54) is 16.2 Å². The van der Waals surface area contributed by atoms with Crippen LogP contribution in [0.15, 0.2) is 47.1 Å². The summed E-state index contributed by atoms with van der Waals surface area (Å²) >= 11 is 1.48. The molecular formula is C35H43N5O8S. The summed E-state index contributed by atoms with van der Waals surface area (Å²) in [5.74, 6) is -1.85. The standard InChI is InChI=1S/C35H43N5O8S/c1-46-25-13-14-27(31-36-15-16-49-31)22(17-25)20-37-48-26-18-29-30(41)39-35(33(43)44)19-23(35)9-5-3-2-4-6-12-28(32(42)40(29)21-26)38-34(45)47-24-10-7-8-11-24/h5,9,13-17,20,23-24,26,28-29H,2-4,6-8,10-12,18-19,21H2,1H3,(H,38,45)(H,39,41)(H,43,44)/b9-5-,37-20+/t23-,26-,28+,29+,35?/m1/s1. The van der Waals surface area contributed by atoms with Crippen molar-refractivity contribution in [3.05, 3.63) is 47.5 Å². The molecule has 3 fully saturated rings. The fraction of sp³-hybridized carbons (Fsp3) is 0.543. The lowest BCUT2D eigenvalue weighted by atomic mass is 10.0. The van der Waals surface area contributed by atoms with Crippen LogP contribution in [0.1, 0.15) is 76.2 Å². The largest absolute Gasteiger partial charge is 0.497 e. The number of hydrogen-bond donors (Lipinski definition) is 3. The summed E-state index contributed by atoms with van der Waals surface area (Å²) in [6.07, 6.45) is 13.0. The van der Waals surface area contributed by atoms with Gasteiger partial charge in [-0.25, -0.2) is 14.6 Å². The first kappa shape index (κ1) is 34.4. The quantitative estimate of drug-likeness (QED) is 0.202. The Kier molecular flexibility index (Phi) is 10.8. The third kappa shape index (κ3) is 8.06. The lowest BCUT2D eigenvalue weighted by Crippen LogP contribution is -2.56. The van der Waals surface area contributed by atoms with Gasteiger partial charge in [0.15, 0.2) is 0 Å². The highest BCUT2D eigenvalue weighted by Crippen LogP contribution is 2.45. The summed E-state index contributed by atoms with van der Waals surface area (Å²) in [4.78, 5) is 65.1. The molecule has 1 saturated heterocycles. The number of nitrogens with zero attached hydrogens (tertiary/aromatic N) is 3. The second-order valence-electron chi connectivity index (χ2n) is 13.1. The first-order valence-electron chi connectivity index (χ1n) is 17.0. The lowest BCUT2D eigenvalue weighted by Gasteiger charge is -2.29. The first-order valence-corrected chi connectivity index (χ1v) is 17.9. The Morgan fingerprint density at radius 2 is 1.96 bits per heavy atom. The van der Waals surface area contributed by atoms with E-state index in [1.807, 2.05) is 35.7 Å². The van der Waals surface area contributed by atoms with Gasteiger partial charge in [0.1, 0.15) is 40.6 Å². The molecule has 0 bridgehead atoms. The van der Waals surface area contributed by atoms with E-state index in [2.05, 4.69) is 20.8 Å². The number of carbonyl (C=O) groups is 4. The van der Waals surface area contributed by atoms with Crippen molar-refractivity contribution in [2.75, 3.05) is 13.7 Å². The van der Waals surface area contributed by atoms with Crippen LogP contribution in [0, 0.1) is 5.92 Å². The van der Waals surface area contributed by atoms with E-state index < -0.39 is 47.6 Å². The van der Waals surface area contributed by atoms with Crippen LogP contribution in [0.4, 0.5) is 4.79 Å². The topological polar surface area (TPSA) is 169 Å². The number of allylic oxidation sites excluding steroid dienone is 1. The van der Waals surface area contributed by atoms with Gasteiger partial charge in [0.25, 0.3) is 0 Å². The monoisotopic (exact) mass is 693 g/mol. The lowest BCUT2D eigenvalue weighted by molar-refractivity contribution is -0.145. The van der Waals surface area contributed by atoms with Gasteiger partial charge in [-0.05, 0) is 69.6 Å². The van der Waals surface area contributed by atoms with E-state index in [4.69, 9.17) is 14.3 Å². The molecule has 1 unspecified atom stereocenters. The van der Waals surface area contributed by atoms with Crippen LogP contribution < -0.4 is 15.4 Å². The van der Waals surface area contributed by atoms with Crippen LogP contribution >= 0.6 is 11.3 Å². The summed E-state index contributed by atoms with van der Waals surface area (Å²) < 4.78 is 11.0. The highest BCUT2D eigenvalue weighted by Gasteiger charge is 2.61. The predicted octanol–water partition coefficient (Wildman–Crippen LogP) is 4.66. The third-order valence-corrected chi connectivity index (χ3v) is 10.6. The molecule has 0 spiro atoms. The van der Waals surface area contributed by atoms with Crippen molar-refractivity contribution in [3.63, 3.8) is 0 Å². The number of alkyl carbamates (subject to hydrolysis) is 1. The van der Waals surface area contributed by atoms with Crippen LogP contribution in [0.2, 0.25) is 0 Å². The number of hydrogen-bond acceptors (Lipinski definition) is 10. The van der Waals surface area contributed by atoms with Crippen molar-refractivity contribution in [3.8, 4) is 16.3 Å². The number of aliphatic carboxylic acids is 1. The second-order valence-corrected chi connectivity index (χ2v) is 14.0. The molecule has 2 saturated carbocycles. The Morgan fingerprint density at radius 3 is 2.71 bits per heavy atom. The molecule has 262 valence electrons. The van der Waals surface area contributed by atoms with E-state index in [9.17, 15) is 24.3 Å². The summed E-state index contributed by atoms with van der Waals surface area (Å²) in [5.41, 5.74) is 0.111. The SMILES string of the molecule is COc1ccc(-c2nccs2)c(/C=N/O[C@@H]2C[C@H]3C(=O)NC4(C(=O)O)C[C@H]4/C=C\CCCCC[C@H](NC(=O)OC4CCCC4)C(=O)N3C2)c1. The van der Waals surface area contributed by atoms with Gasteiger partial charge in [0.05, 0.1) is 19.9 Å². The zero-order valence-electron chi connectivity index (χ0n) is 27.5. The predicted molar refractivity (Wildman–Crippen MR) is 181 cm³/mol. The van der Waals surface area contributed by atoms with Gasteiger partial charge in [-0.2, -0.15) is 0 Å². The van der Waals surface area contributed by atoms with Crippen LogP contribution in [0.5, 0.6) is 5.75 Å². The van der Waals surface area contributed by atoms with Crippen molar-refractivity contribution in [1.82, 2.24) is 20.5 Å². The number of carboxylic acids is 1. The van der Waals surface area contributed by atoms with Gasteiger partial charge in [0.2, 0.25) is 11.8 Å². The van der Waals surface area contributed by atoms with Crippen molar-refractivity contribution in [1.29, 1.82) is 0 Å². The number of carbonyl (C=O) groups excluding carboxylic acids is 3. The van der Waals surface area contributed by atoms with Gasteiger partial charge in [-0.1, -0.05) is 30.1 Å². The maximum Gasteiger partial charge on any atom is 0.408 e. The number of methoxy groups -OCH3 is 1. The van der Waals surface area contributed by atoms with E-state index in [0.29, 0.717) is 24.2 Å².